The number of aryl methyl sites for hydroxylation is 3. The van der Waals surface area contributed by atoms with Gasteiger partial charge in [-0.1, -0.05) is 24.3 Å². The molecule has 2 unspecified atom stereocenters. The van der Waals surface area contributed by atoms with Crippen LogP contribution in [0.25, 0.3) is 0 Å². The second-order valence-electron chi connectivity index (χ2n) is 6.83. The van der Waals surface area contributed by atoms with Crippen molar-refractivity contribution >= 4 is 5.82 Å². The van der Waals surface area contributed by atoms with E-state index >= 15 is 0 Å². The molecule has 5 heteroatoms. The fourth-order valence-corrected chi connectivity index (χ4v) is 3.59. The quantitative estimate of drug-likeness (QED) is 0.884. The van der Waals surface area contributed by atoms with Crippen molar-refractivity contribution in [1.82, 2.24) is 15.1 Å². The highest BCUT2D eigenvalue weighted by Gasteiger charge is 2.23. The second kappa shape index (κ2) is 7.36. The van der Waals surface area contributed by atoms with Crippen LogP contribution in [-0.4, -0.2) is 40.6 Å². The topological polar surface area (TPSA) is 53.3 Å². The van der Waals surface area contributed by atoms with Crippen LogP contribution >= 0.6 is 0 Å². The van der Waals surface area contributed by atoms with Gasteiger partial charge >= 0.3 is 0 Å². The molecule has 1 saturated heterocycles. The van der Waals surface area contributed by atoms with Crippen molar-refractivity contribution in [3.63, 3.8) is 0 Å². The minimum absolute atomic E-state index is 0.396. The second-order valence-corrected chi connectivity index (χ2v) is 6.83. The van der Waals surface area contributed by atoms with Gasteiger partial charge in [0.2, 0.25) is 0 Å². The molecule has 0 amide bonds. The Balaban J connectivity index is 1.58. The van der Waals surface area contributed by atoms with E-state index in [1.54, 1.807) is 0 Å². The molecule has 5 nitrogen and oxygen atoms in total. The van der Waals surface area contributed by atoms with Crippen LogP contribution in [0.2, 0.25) is 0 Å². The number of benzene rings is 1. The van der Waals surface area contributed by atoms with Crippen LogP contribution in [0.5, 0.6) is 0 Å². The minimum atomic E-state index is -0.458. The summed E-state index contributed by atoms with van der Waals surface area (Å²) in [4.78, 5) is 2.39. The largest absolute Gasteiger partial charge is 0.387 e. The molecule has 1 fully saturated rings. The van der Waals surface area contributed by atoms with E-state index in [-0.39, 0.29) is 0 Å². The van der Waals surface area contributed by atoms with Gasteiger partial charge in [0.05, 0.1) is 11.8 Å². The lowest BCUT2D eigenvalue weighted by Gasteiger charge is -2.35. The van der Waals surface area contributed by atoms with E-state index in [1.807, 2.05) is 49.8 Å². The fraction of sp³-hybridized carbons (Fsp3) is 0.526. The Morgan fingerprint density at radius 1 is 1.33 bits per heavy atom. The number of hydrogen-bond acceptors (Lipinski definition) is 4. The van der Waals surface area contributed by atoms with E-state index in [1.165, 1.54) is 5.82 Å². The van der Waals surface area contributed by atoms with E-state index in [0.717, 1.165) is 42.8 Å². The minimum Gasteiger partial charge on any atom is -0.387 e. The Morgan fingerprint density at radius 2 is 2.12 bits per heavy atom. The van der Waals surface area contributed by atoms with E-state index in [4.69, 9.17) is 0 Å². The SMILES string of the molecule is Cc1cc(N2CCCC(NCC(O)c3ccccc3C)C2)n(C)n1. The Labute approximate surface area is 144 Å². The third-order valence-electron chi connectivity index (χ3n) is 4.87. The molecular formula is C19H28N4O. The molecule has 1 aliphatic rings. The lowest BCUT2D eigenvalue weighted by molar-refractivity contribution is 0.167. The molecule has 24 heavy (non-hydrogen) atoms. The number of piperidine rings is 1. The van der Waals surface area contributed by atoms with Crippen LogP contribution in [0.15, 0.2) is 30.3 Å². The standard InChI is InChI=1S/C19H28N4O/c1-14-7-4-5-9-17(14)18(24)12-20-16-8-6-10-23(13-16)19-11-15(2)21-22(19)3/h4-5,7,9,11,16,18,20,24H,6,8,10,12-13H2,1-3H3. The van der Waals surface area contributed by atoms with Gasteiger partial charge < -0.3 is 15.3 Å². The smallest absolute Gasteiger partial charge is 0.126 e. The molecular weight excluding hydrogens is 300 g/mol. The highest BCUT2D eigenvalue weighted by Crippen LogP contribution is 2.21. The molecule has 2 aromatic rings. The molecule has 0 saturated carbocycles. The number of aromatic nitrogens is 2. The van der Waals surface area contributed by atoms with Crippen molar-refractivity contribution in [2.45, 2.75) is 38.8 Å². The maximum absolute atomic E-state index is 10.5. The third-order valence-corrected chi connectivity index (χ3v) is 4.87. The van der Waals surface area contributed by atoms with Crippen molar-refractivity contribution in [2.75, 3.05) is 24.5 Å². The zero-order chi connectivity index (χ0) is 17.1. The van der Waals surface area contributed by atoms with Gasteiger partial charge in [0.25, 0.3) is 0 Å². The molecule has 2 heterocycles. The van der Waals surface area contributed by atoms with Gasteiger partial charge in [0, 0.05) is 38.8 Å². The predicted octanol–water partition coefficient (Wildman–Crippen LogP) is 2.33. The van der Waals surface area contributed by atoms with Crippen LogP contribution < -0.4 is 10.2 Å². The van der Waals surface area contributed by atoms with Gasteiger partial charge in [-0.3, -0.25) is 4.68 Å². The summed E-state index contributed by atoms with van der Waals surface area (Å²) in [6.45, 7) is 6.69. The lowest BCUT2D eigenvalue weighted by atomic mass is 10.0. The monoisotopic (exact) mass is 328 g/mol. The van der Waals surface area contributed by atoms with Gasteiger partial charge in [0.1, 0.15) is 5.82 Å². The van der Waals surface area contributed by atoms with Gasteiger partial charge in [-0.05, 0) is 37.8 Å². The maximum Gasteiger partial charge on any atom is 0.126 e. The van der Waals surface area contributed by atoms with E-state index in [0.29, 0.717) is 12.6 Å². The molecule has 130 valence electrons. The first-order valence-electron chi connectivity index (χ1n) is 8.77. The summed E-state index contributed by atoms with van der Waals surface area (Å²) in [7, 11) is 2.00. The summed E-state index contributed by atoms with van der Waals surface area (Å²) in [6, 6.07) is 10.6. The summed E-state index contributed by atoms with van der Waals surface area (Å²) in [6.07, 6.45) is 1.84. The Bertz CT molecular complexity index is 682. The number of anilines is 1. The highest BCUT2D eigenvalue weighted by atomic mass is 16.3. The van der Waals surface area contributed by atoms with Crippen LogP contribution in [0.3, 0.4) is 0 Å². The van der Waals surface area contributed by atoms with Crippen molar-refractivity contribution in [3.05, 3.63) is 47.2 Å². The van der Waals surface area contributed by atoms with Crippen molar-refractivity contribution in [2.24, 2.45) is 7.05 Å². The molecule has 2 atom stereocenters. The number of nitrogens with zero attached hydrogens (tertiary/aromatic N) is 3. The van der Waals surface area contributed by atoms with E-state index < -0.39 is 6.10 Å². The first-order chi connectivity index (χ1) is 11.5. The third kappa shape index (κ3) is 3.79. The van der Waals surface area contributed by atoms with Crippen LogP contribution in [0, 0.1) is 13.8 Å². The molecule has 2 N–H and O–H groups in total. The van der Waals surface area contributed by atoms with Gasteiger partial charge in [-0.15, -0.1) is 0 Å². The first-order valence-corrected chi connectivity index (χ1v) is 8.77. The molecule has 0 bridgehead atoms. The van der Waals surface area contributed by atoms with Gasteiger partial charge in [-0.25, -0.2) is 0 Å². The molecule has 0 aliphatic carbocycles. The number of nitrogens with one attached hydrogen (secondary N) is 1. The van der Waals surface area contributed by atoms with Crippen LogP contribution in [-0.2, 0) is 7.05 Å². The summed E-state index contributed by atoms with van der Waals surface area (Å²) in [5.74, 6) is 1.18. The average molecular weight is 328 g/mol. The highest BCUT2D eigenvalue weighted by molar-refractivity contribution is 5.41. The Morgan fingerprint density at radius 3 is 2.83 bits per heavy atom. The van der Waals surface area contributed by atoms with Crippen molar-refractivity contribution < 1.29 is 5.11 Å². The zero-order valence-corrected chi connectivity index (χ0v) is 14.9. The number of rotatable bonds is 5. The summed E-state index contributed by atoms with van der Waals surface area (Å²) in [5.41, 5.74) is 3.21. The molecule has 3 rings (SSSR count). The van der Waals surface area contributed by atoms with Gasteiger partial charge in [0.15, 0.2) is 0 Å². The number of aliphatic hydroxyl groups is 1. The molecule has 0 radical (unpaired) electrons. The summed E-state index contributed by atoms with van der Waals surface area (Å²) >= 11 is 0. The lowest BCUT2D eigenvalue weighted by Crippen LogP contribution is -2.47. The normalized spacial score (nSPS) is 19.5. The van der Waals surface area contributed by atoms with Crippen molar-refractivity contribution in [1.29, 1.82) is 0 Å². The molecule has 1 aromatic carbocycles. The Kier molecular flexibility index (Phi) is 5.21. The summed E-state index contributed by atoms with van der Waals surface area (Å²) < 4.78 is 1.96. The van der Waals surface area contributed by atoms with Crippen LogP contribution in [0.4, 0.5) is 5.82 Å². The molecule has 1 aromatic heterocycles. The van der Waals surface area contributed by atoms with Gasteiger partial charge in [-0.2, -0.15) is 5.10 Å². The van der Waals surface area contributed by atoms with Crippen LogP contribution in [0.1, 0.15) is 35.8 Å². The first kappa shape index (κ1) is 17.0. The Hall–Kier alpha value is -1.85. The maximum atomic E-state index is 10.5. The average Bonchev–Trinajstić information content (AvgIpc) is 2.92. The number of aliphatic hydroxyl groups excluding tert-OH is 1. The molecule has 0 spiro atoms. The fourth-order valence-electron chi connectivity index (χ4n) is 3.59. The summed E-state index contributed by atoms with van der Waals surface area (Å²) in [5, 5.41) is 18.5. The zero-order valence-electron chi connectivity index (χ0n) is 14.9. The van der Waals surface area contributed by atoms with E-state index in [2.05, 4.69) is 21.4 Å². The van der Waals surface area contributed by atoms with Crippen molar-refractivity contribution in [3.8, 4) is 0 Å². The number of hydrogen-bond donors (Lipinski definition) is 2. The predicted molar refractivity (Wildman–Crippen MR) is 97.3 cm³/mol. The van der Waals surface area contributed by atoms with E-state index in [9.17, 15) is 5.11 Å². The molecule has 1 aliphatic heterocycles.